The van der Waals surface area contributed by atoms with Crippen LogP contribution >= 0.6 is 0 Å². The van der Waals surface area contributed by atoms with Crippen molar-refractivity contribution in [3.05, 3.63) is 24.3 Å². The van der Waals surface area contributed by atoms with E-state index in [0.29, 0.717) is 0 Å². The second kappa shape index (κ2) is 2.33. The molecule has 0 unspecified atom stereocenters. The molecule has 0 aromatic rings. The van der Waals surface area contributed by atoms with Gasteiger partial charge in [-0.25, -0.2) is 0 Å². The molecule has 9 heavy (non-hydrogen) atoms. The van der Waals surface area contributed by atoms with Gasteiger partial charge >= 0.3 is 0 Å². The van der Waals surface area contributed by atoms with Crippen LogP contribution in [-0.2, 0) is 0 Å². The Morgan fingerprint density at radius 3 is 2.67 bits per heavy atom. The zero-order chi connectivity index (χ0) is 6.74. The van der Waals surface area contributed by atoms with Crippen LogP contribution in [0.2, 0.25) is 0 Å². The van der Waals surface area contributed by atoms with Gasteiger partial charge in [0.15, 0.2) is 0 Å². The van der Waals surface area contributed by atoms with Gasteiger partial charge in [-0.3, -0.25) is 5.32 Å². The monoisotopic (exact) mass is 124 g/mol. The Morgan fingerprint density at radius 1 is 1.56 bits per heavy atom. The van der Waals surface area contributed by atoms with Crippen LogP contribution in [0.5, 0.6) is 0 Å². The second-order valence-corrected chi connectivity index (χ2v) is 2.28. The molecule has 0 fully saturated rings. The molecule has 0 saturated carbocycles. The predicted molar refractivity (Wildman–Crippen MR) is 38.9 cm³/mol. The highest BCUT2D eigenvalue weighted by atomic mass is 15.1. The third-order valence-electron chi connectivity index (χ3n) is 1.56. The maximum Gasteiger partial charge on any atom is 0.0889 e. The van der Waals surface area contributed by atoms with Gasteiger partial charge in [0.25, 0.3) is 0 Å². The fraction of sp³-hybridized carbons (Fsp3) is 0.429. The Labute approximate surface area is 55.4 Å². The van der Waals surface area contributed by atoms with E-state index < -0.39 is 0 Å². The molecule has 0 aliphatic heterocycles. The standard InChI is InChI=1S/C7H12N2/c1-9-7(8)5-3-2-4-6-7/h2-5,9H,6,8H2,1H3/t7-/m1/s1. The highest BCUT2D eigenvalue weighted by molar-refractivity contribution is 5.18. The van der Waals surface area contributed by atoms with Crippen molar-refractivity contribution in [3.8, 4) is 0 Å². The smallest absolute Gasteiger partial charge is 0.0889 e. The first kappa shape index (κ1) is 6.52. The number of nitrogens with two attached hydrogens (primary N) is 1. The van der Waals surface area contributed by atoms with Crippen molar-refractivity contribution < 1.29 is 0 Å². The van der Waals surface area contributed by atoms with Crippen LogP contribution in [-0.4, -0.2) is 12.7 Å². The zero-order valence-corrected chi connectivity index (χ0v) is 5.59. The lowest BCUT2D eigenvalue weighted by Crippen LogP contribution is -2.49. The SMILES string of the molecule is CN[C@]1(N)C=CC=CC1. The van der Waals surface area contributed by atoms with Crippen LogP contribution in [0, 0.1) is 0 Å². The summed E-state index contributed by atoms with van der Waals surface area (Å²) in [5, 5.41) is 3.02. The maximum absolute atomic E-state index is 5.81. The predicted octanol–water partition coefficient (Wildman–Crippen LogP) is 0.377. The van der Waals surface area contributed by atoms with E-state index in [2.05, 4.69) is 11.4 Å². The summed E-state index contributed by atoms with van der Waals surface area (Å²) >= 11 is 0. The number of likely N-dealkylation sites (N-methyl/N-ethyl adjacent to an activating group) is 1. The quantitative estimate of drug-likeness (QED) is 0.496. The second-order valence-electron chi connectivity index (χ2n) is 2.28. The molecule has 1 rings (SSSR count). The Kier molecular flexibility index (Phi) is 1.69. The van der Waals surface area contributed by atoms with Gasteiger partial charge in [-0.05, 0) is 7.05 Å². The highest BCUT2D eigenvalue weighted by Gasteiger charge is 2.17. The average Bonchev–Trinajstić information content (AvgIpc) is 1.90. The molecule has 1 aliphatic carbocycles. The minimum atomic E-state index is -0.297. The Morgan fingerprint density at radius 2 is 2.33 bits per heavy atom. The van der Waals surface area contributed by atoms with Crippen LogP contribution in [0.4, 0.5) is 0 Å². The first-order chi connectivity index (χ1) is 4.27. The molecule has 1 aliphatic rings. The van der Waals surface area contributed by atoms with Gasteiger partial charge in [-0.2, -0.15) is 0 Å². The Balaban J connectivity index is 2.63. The van der Waals surface area contributed by atoms with E-state index in [1.807, 2.05) is 25.3 Å². The third kappa shape index (κ3) is 1.40. The van der Waals surface area contributed by atoms with Crippen LogP contribution in [0.15, 0.2) is 24.3 Å². The molecule has 2 heteroatoms. The lowest BCUT2D eigenvalue weighted by Gasteiger charge is -2.25. The van der Waals surface area contributed by atoms with Gasteiger partial charge < -0.3 is 5.73 Å². The summed E-state index contributed by atoms with van der Waals surface area (Å²) in [6.07, 6.45) is 8.85. The van der Waals surface area contributed by atoms with Crippen LogP contribution < -0.4 is 11.1 Å². The fourth-order valence-corrected chi connectivity index (χ4v) is 0.822. The molecule has 0 bridgehead atoms. The Hall–Kier alpha value is -0.600. The van der Waals surface area contributed by atoms with Crippen LogP contribution in [0.3, 0.4) is 0 Å². The van der Waals surface area contributed by atoms with Crippen LogP contribution in [0.25, 0.3) is 0 Å². The minimum absolute atomic E-state index is 0.297. The van der Waals surface area contributed by atoms with Gasteiger partial charge in [0, 0.05) is 6.42 Å². The molecule has 0 heterocycles. The lowest BCUT2D eigenvalue weighted by atomic mass is 10.0. The lowest BCUT2D eigenvalue weighted by molar-refractivity contribution is 0.456. The Bertz CT molecular complexity index is 149. The minimum Gasteiger partial charge on any atom is -0.310 e. The summed E-state index contributed by atoms with van der Waals surface area (Å²) in [4.78, 5) is 0. The molecular formula is C7H12N2. The molecule has 0 saturated heterocycles. The first-order valence-corrected chi connectivity index (χ1v) is 3.09. The number of allylic oxidation sites excluding steroid dienone is 2. The molecule has 2 nitrogen and oxygen atoms in total. The topological polar surface area (TPSA) is 38.0 Å². The summed E-state index contributed by atoms with van der Waals surface area (Å²) in [6.45, 7) is 0. The molecular weight excluding hydrogens is 112 g/mol. The van der Waals surface area contributed by atoms with E-state index in [1.54, 1.807) is 0 Å². The van der Waals surface area contributed by atoms with Crippen molar-refractivity contribution in [3.63, 3.8) is 0 Å². The average molecular weight is 124 g/mol. The van der Waals surface area contributed by atoms with Gasteiger partial charge in [-0.15, -0.1) is 0 Å². The van der Waals surface area contributed by atoms with E-state index >= 15 is 0 Å². The van der Waals surface area contributed by atoms with E-state index in [0.717, 1.165) is 6.42 Å². The van der Waals surface area contributed by atoms with E-state index in [4.69, 9.17) is 5.73 Å². The van der Waals surface area contributed by atoms with E-state index in [1.165, 1.54) is 0 Å². The summed E-state index contributed by atoms with van der Waals surface area (Å²) in [6, 6.07) is 0. The van der Waals surface area contributed by atoms with Crippen molar-refractivity contribution in [2.75, 3.05) is 7.05 Å². The number of nitrogens with one attached hydrogen (secondary N) is 1. The summed E-state index contributed by atoms with van der Waals surface area (Å²) in [5.74, 6) is 0. The summed E-state index contributed by atoms with van der Waals surface area (Å²) in [5.41, 5.74) is 5.51. The van der Waals surface area contributed by atoms with Gasteiger partial charge in [-0.1, -0.05) is 24.3 Å². The van der Waals surface area contributed by atoms with Crippen molar-refractivity contribution in [2.45, 2.75) is 12.1 Å². The van der Waals surface area contributed by atoms with Crippen LogP contribution in [0.1, 0.15) is 6.42 Å². The van der Waals surface area contributed by atoms with Gasteiger partial charge in [0.2, 0.25) is 0 Å². The zero-order valence-electron chi connectivity index (χ0n) is 5.59. The molecule has 1 atom stereocenters. The molecule has 0 aromatic heterocycles. The largest absolute Gasteiger partial charge is 0.310 e. The summed E-state index contributed by atoms with van der Waals surface area (Å²) < 4.78 is 0. The molecule has 50 valence electrons. The molecule has 3 N–H and O–H groups in total. The van der Waals surface area contributed by atoms with Crippen molar-refractivity contribution in [1.29, 1.82) is 0 Å². The highest BCUT2D eigenvalue weighted by Crippen LogP contribution is 2.09. The third-order valence-corrected chi connectivity index (χ3v) is 1.56. The van der Waals surface area contributed by atoms with Gasteiger partial charge in [0.05, 0.1) is 5.66 Å². The maximum atomic E-state index is 5.81. The van der Waals surface area contributed by atoms with E-state index in [9.17, 15) is 0 Å². The number of hydrogen-bond acceptors (Lipinski definition) is 2. The van der Waals surface area contributed by atoms with Crippen molar-refractivity contribution in [1.82, 2.24) is 5.32 Å². The van der Waals surface area contributed by atoms with E-state index in [-0.39, 0.29) is 5.66 Å². The molecule has 0 spiro atoms. The first-order valence-electron chi connectivity index (χ1n) is 3.09. The van der Waals surface area contributed by atoms with Crippen molar-refractivity contribution in [2.24, 2.45) is 5.73 Å². The fourth-order valence-electron chi connectivity index (χ4n) is 0.822. The number of hydrogen-bond donors (Lipinski definition) is 2. The molecule has 0 amide bonds. The molecule has 0 radical (unpaired) electrons. The number of rotatable bonds is 1. The van der Waals surface area contributed by atoms with Gasteiger partial charge in [0.1, 0.15) is 0 Å². The normalized spacial score (nSPS) is 33.1. The summed E-state index contributed by atoms with van der Waals surface area (Å²) in [7, 11) is 1.86. The molecule has 0 aromatic carbocycles. The van der Waals surface area contributed by atoms with Crippen molar-refractivity contribution >= 4 is 0 Å².